The predicted octanol–water partition coefficient (Wildman–Crippen LogP) is 0.934. The van der Waals surface area contributed by atoms with Gasteiger partial charge in [-0.1, -0.05) is 6.42 Å². The van der Waals surface area contributed by atoms with E-state index in [-0.39, 0.29) is 11.8 Å². The van der Waals surface area contributed by atoms with Crippen LogP contribution in [0.2, 0.25) is 0 Å². The molecule has 8 heteroatoms. The van der Waals surface area contributed by atoms with Crippen LogP contribution in [0.1, 0.15) is 54.4 Å². The van der Waals surface area contributed by atoms with Crippen LogP contribution < -0.4 is 5.32 Å². The number of hydrogen-bond donors (Lipinski definition) is 2. The summed E-state index contributed by atoms with van der Waals surface area (Å²) in [6, 6.07) is 0.832. The number of hydrogen-bond acceptors (Lipinski definition) is 5. The van der Waals surface area contributed by atoms with Crippen molar-refractivity contribution in [3.8, 4) is 0 Å². The van der Waals surface area contributed by atoms with Crippen LogP contribution in [0.3, 0.4) is 0 Å². The summed E-state index contributed by atoms with van der Waals surface area (Å²) in [7, 11) is 0. The third-order valence-corrected chi connectivity index (χ3v) is 7.37. The lowest BCUT2D eigenvalue weighted by Gasteiger charge is -2.56. The molecule has 2 N–H and O–H groups in total. The Labute approximate surface area is 171 Å². The summed E-state index contributed by atoms with van der Waals surface area (Å²) in [6.45, 7) is 6.07. The summed E-state index contributed by atoms with van der Waals surface area (Å²) >= 11 is 0. The highest BCUT2D eigenvalue weighted by Crippen LogP contribution is 2.41. The predicted molar refractivity (Wildman–Crippen MR) is 106 cm³/mol. The van der Waals surface area contributed by atoms with Gasteiger partial charge >= 0.3 is 0 Å². The number of carbonyl (C=O) groups is 2. The highest BCUT2D eigenvalue weighted by Gasteiger charge is 2.48. The summed E-state index contributed by atoms with van der Waals surface area (Å²) in [5, 5.41) is 10.5. The van der Waals surface area contributed by atoms with Gasteiger partial charge in [0.05, 0.1) is 13.2 Å². The average molecular weight is 402 g/mol. The van der Waals surface area contributed by atoms with Crippen LogP contribution in [0.5, 0.6) is 0 Å². The third kappa shape index (κ3) is 3.46. The van der Waals surface area contributed by atoms with Crippen molar-refractivity contribution in [2.45, 2.75) is 57.7 Å². The van der Waals surface area contributed by atoms with Crippen LogP contribution in [0.4, 0.5) is 0 Å². The highest BCUT2D eigenvalue weighted by atomic mass is 16.5. The first-order valence-electron chi connectivity index (χ1n) is 11.0. The minimum absolute atomic E-state index is 0.0209. The fraction of sp³-hybridized carbons (Fsp3) is 0.762. The zero-order valence-electron chi connectivity index (χ0n) is 17.2. The summed E-state index contributed by atoms with van der Waals surface area (Å²) in [5.74, 6) is 0.959. The quantitative estimate of drug-likeness (QED) is 0.787. The minimum Gasteiger partial charge on any atom is -0.376 e. The van der Waals surface area contributed by atoms with E-state index in [1.807, 2.05) is 4.90 Å². The second-order valence-corrected chi connectivity index (χ2v) is 9.10. The number of amides is 2. The van der Waals surface area contributed by atoms with E-state index in [9.17, 15) is 9.59 Å². The maximum atomic E-state index is 13.4. The molecule has 4 aliphatic rings. The van der Waals surface area contributed by atoms with Crippen LogP contribution in [-0.2, 0) is 22.6 Å². The topological polar surface area (TPSA) is 90.6 Å². The lowest BCUT2D eigenvalue weighted by atomic mass is 9.72. The Kier molecular flexibility index (Phi) is 5.07. The number of rotatable bonds is 3. The Balaban J connectivity index is 1.38. The van der Waals surface area contributed by atoms with Gasteiger partial charge in [0.15, 0.2) is 5.69 Å². The monoisotopic (exact) mass is 401 g/mol. The number of fused-ring (bicyclic) bond motifs is 5. The van der Waals surface area contributed by atoms with E-state index >= 15 is 0 Å². The number of nitrogens with one attached hydrogen (secondary N) is 2. The first-order chi connectivity index (χ1) is 14.1. The molecule has 4 atom stereocenters. The van der Waals surface area contributed by atoms with Crippen molar-refractivity contribution in [2.24, 2.45) is 11.8 Å². The maximum Gasteiger partial charge on any atom is 0.274 e. The number of H-pyrrole nitrogens is 1. The molecule has 0 saturated carbocycles. The second kappa shape index (κ2) is 7.72. The Morgan fingerprint density at radius 3 is 3.00 bits per heavy atom. The number of ether oxygens (including phenoxy) is 1. The van der Waals surface area contributed by atoms with Gasteiger partial charge in [-0.15, -0.1) is 0 Å². The molecule has 0 unspecified atom stereocenters. The van der Waals surface area contributed by atoms with Crippen LogP contribution in [0.25, 0.3) is 0 Å². The lowest BCUT2D eigenvalue weighted by Crippen LogP contribution is -2.66. The van der Waals surface area contributed by atoms with Gasteiger partial charge in [-0.2, -0.15) is 5.10 Å². The Morgan fingerprint density at radius 1 is 1.28 bits per heavy atom. The van der Waals surface area contributed by atoms with E-state index in [2.05, 4.69) is 20.4 Å². The number of likely N-dealkylation sites (tertiary alicyclic amines) is 1. The summed E-state index contributed by atoms with van der Waals surface area (Å²) in [4.78, 5) is 29.6. The molecule has 3 saturated heterocycles. The molecule has 2 amide bonds. The van der Waals surface area contributed by atoms with Gasteiger partial charge < -0.3 is 15.0 Å². The number of aromatic nitrogens is 2. The number of aromatic amines is 1. The maximum absolute atomic E-state index is 13.4. The van der Waals surface area contributed by atoms with E-state index in [0.29, 0.717) is 49.4 Å². The molecule has 2 bridgehead atoms. The smallest absolute Gasteiger partial charge is 0.274 e. The van der Waals surface area contributed by atoms with Gasteiger partial charge in [-0.25, -0.2) is 0 Å². The van der Waals surface area contributed by atoms with Gasteiger partial charge in [0.1, 0.15) is 0 Å². The fourth-order valence-electron chi connectivity index (χ4n) is 6.04. The molecule has 0 aromatic carbocycles. The summed E-state index contributed by atoms with van der Waals surface area (Å²) in [6.07, 6.45) is 5.62. The van der Waals surface area contributed by atoms with Crippen molar-refractivity contribution >= 4 is 11.8 Å². The highest BCUT2D eigenvalue weighted by molar-refractivity contribution is 5.94. The molecule has 0 spiro atoms. The first-order valence-corrected chi connectivity index (χ1v) is 11.0. The number of piperidine rings is 3. The van der Waals surface area contributed by atoms with Crippen LogP contribution in [-0.4, -0.2) is 76.7 Å². The molecule has 29 heavy (non-hydrogen) atoms. The van der Waals surface area contributed by atoms with E-state index in [4.69, 9.17) is 4.74 Å². The van der Waals surface area contributed by atoms with Crippen molar-refractivity contribution in [3.63, 3.8) is 0 Å². The van der Waals surface area contributed by atoms with Gasteiger partial charge in [0.25, 0.3) is 5.91 Å². The molecule has 1 aromatic heterocycles. The molecule has 158 valence electrons. The van der Waals surface area contributed by atoms with Crippen molar-refractivity contribution in [2.75, 3.05) is 32.8 Å². The molecule has 5 rings (SSSR count). The van der Waals surface area contributed by atoms with Crippen LogP contribution >= 0.6 is 0 Å². The van der Waals surface area contributed by atoms with Gasteiger partial charge in [0.2, 0.25) is 5.91 Å². The molecule has 0 aliphatic carbocycles. The normalized spacial score (nSPS) is 31.7. The molecule has 5 heterocycles. The Hall–Kier alpha value is -1.93. The fourth-order valence-corrected chi connectivity index (χ4v) is 6.04. The minimum atomic E-state index is 0.0209. The van der Waals surface area contributed by atoms with Crippen molar-refractivity contribution < 1.29 is 14.3 Å². The van der Waals surface area contributed by atoms with Gasteiger partial charge in [0, 0.05) is 56.3 Å². The molecule has 0 radical (unpaired) electrons. The van der Waals surface area contributed by atoms with Gasteiger partial charge in [-0.05, 0) is 37.6 Å². The lowest BCUT2D eigenvalue weighted by molar-refractivity contribution is -0.120. The molecule has 3 fully saturated rings. The Bertz CT molecular complexity index is 793. The van der Waals surface area contributed by atoms with Crippen molar-refractivity contribution in [1.82, 2.24) is 25.3 Å². The molecule has 8 nitrogen and oxygen atoms in total. The Morgan fingerprint density at radius 2 is 2.14 bits per heavy atom. The molecular weight excluding hydrogens is 370 g/mol. The molecule has 4 aliphatic heterocycles. The standard InChI is InChI=1S/C21H31N5O3/c1-13(27)22-9-19-15-8-14(18-4-2-3-6-26(18)19)10-25(11-15)21(28)20-16-12-29-7-5-17(16)23-24-20/h14-15,18-19H,2-12H2,1H3,(H,22,27)(H,23,24)/t14-,15+,18+,19+/m1/s1. The largest absolute Gasteiger partial charge is 0.376 e. The van der Waals surface area contributed by atoms with Crippen LogP contribution in [0.15, 0.2) is 0 Å². The van der Waals surface area contributed by atoms with E-state index in [0.717, 1.165) is 43.7 Å². The molecular formula is C21H31N5O3. The van der Waals surface area contributed by atoms with Crippen molar-refractivity contribution in [3.05, 3.63) is 17.0 Å². The van der Waals surface area contributed by atoms with Gasteiger partial charge in [-0.3, -0.25) is 19.6 Å². The number of carbonyl (C=O) groups excluding carboxylic acids is 2. The van der Waals surface area contributed by atoms with Crippen molar-refractivity contribution in [1.29, 1.82) is 0 Å². The third-order valence-electron chi connectivity index (χ3n) is 7.37. The number of nitrogens with zero attached hydrogens (tertiary/aromatic N) is 3. The van der Waals surface area contributed by atoms with E-state index in [1.54, 1.807) is 6.92 Å². The summed E-state index contributed by atoms with van der Waals surface area (Å²) in [5.41, 5.74) is 2.52. The zero-order valence-corrected chi connectivity index (χ0v) is 17.2. The second-order valence-electron chi connectivity index (χ2n) is 9.10. The molecule has 1 aromatic rings. The SMILES string of the molecule is CC(=O)NC[C@H]1[C@H]2C[C@H](CN(C(=O)c3n[nH]c4c3COCC4)C2)[C@@H]2CCCCN21. The van der Waals surface area contributed by atoms with Crippen LogP contribution in [0, 0.1) is 11.8 Å². The zero-order chi connectivity index (χ0) is 20.0. The summed E-state index contributed by atoms with van der Waals surface area (Å²) < 4.78 is 5.57. The van der Waals surface area contributed by atoms with E-state index < -0.39 is 0 Å². The first kappa shape index (κ1) is 19.1. The average Bonchev–Trinajstić information content (AvgIpc) is 3.17. The van der Waals surface area contributed by atoms with E-state index in [1.165, 1.54) is 19.3 Å².